The summed E-state index contributed by atoms with van der Waals surface area (Å²) < 4.78 is 6.14. The number of ether oxygens (including phenoxy) is 1. The first-order valence-corrected chi connectivity index (χ1v) is 10.7. The third-order valence-electron chi connectivity index (χ3n) is 5.38. The van der Waals surface area contributed by atoms with Gasteiger partial charge in [0.1, 0.15) is 11.4 Å². The lowest BCUT2D eigenvalue weighted by molar-refractivity contribution is 0.131. The Balaban J connectivity index is 1.80. The number of para-hydroxylation sites is 1. The Kier molecular flexibility index (Phi) is 6.67. The first-order chi connectivity index (χ1) is 15.2. The Hall–Kier alpha value is -3.54. The van der Waals surface area contributed by atoms with Gasteiger partial charge in [-0.3, -0.25) is 0 Å². The van der Waals surface area contributed by atoms with E-state index in [1.54, 1.807) is 6.08 Å². The van der Waals surface area contributed by atoms with E-state index in [1.165, 1.54) is 6.42 Å². The van der Waals surface area contributed by atoms with Gasteiger partial charge in [0.2, 0.25) is 0 Å². The molecular weight excluding hydrogens is 380 g/mol. The molecule has 0 atom stereocenters. The molecular formula is C29H26O2. The van der Waals surface area contributed by atoms with Gasteiger partial charge >= 0.3 is 0 Å². The molecule has 2 heteroatoms. The van der Waals surface area contributed by atoms with Crippen molar-refractivity contribution < 1.29 is 9.84 Å². The van der Waals surface area contributed by atoms with Gasteiger partial charge < -0.3 is 9.84 Å². The fourth-order valence-corrected chi connectivity index (χ4v) is 3.71. The van der Waals surface area contributed by atoms with E-state index < -0.39 is 5.60 Å². The van der Waals surface area contributed by atoms with E-state index in [1.807, 2.05) is 91.0 Å². The molecule has 0 spiro atoms. The summed E-state index contributed by atoms with van der Waals surface area (Å²) in [5.74, 6) is 7.58. The van der Waals surface area contributed by atoms with E-state index in [0.717, 1.165) is 36.0 Å². The Morgan fingerprint density at radius 2 is 1.39 bits per heavy atom. The van der Waals surface area contributed by atoms with Gasteiger partial charge in [0, 0.05) is 6.08 Å². The number of rotatable bonds is 5. The molecule has 0 aliphatic heterocycles. The van der Waals surface area contributed by atoms with Crippen molar-refractivity contribution in [1.29, 1.82) is 0 Å². The summed E-state index contributed by atoms with van der Waals surface area (Å²) in [6.45, 7) is 0. The van der Waals surface area contributed by atoms with E-state index in [2.05, 4.69) is 17.9 Å². The average Bonchev–Trinajstić information content (AvgIpc) is 2.85. The van der Waals surface area contributed by atoms with Crippen LogP contribution in [0.15, 0.2) is 114 Å². The normalized spacial score (nSPS) is 14.2. The molecule has 31 heavy (non-hydrogen) atoms. The van der Waals surface area contributed by atoms with Gasteiger partial charge in [0.15, 0.2) is 5.76 Å². The molecule has 0 bridgehead atoms. The van der Waals surface area contributed by atoms with Crippen LogP contribution in [0.2, 0.25) is 0 Å². The van der Waals surface area contributed by atoms with Crippen molar-refractivity contribution in [2.24, 2.45) is 0 Å². The van der Waals surface area contributed by atoms with Crippen LogP contribution in [0.4, 0.5) is 0 Å². The SMILES string of the molecule is OC(/C=C(/C#CC1=CCCCC1)Oc1ccccc1)(c1ccccc1)c1ccccc1. The van der Waals surface area contributed by atoms with Crippen LogP contribution in [0.5, 0.6) is 5.75 Å². The van der Waals surface area contributed by atoms with Gasteiger partial charge in [-0.2, -0.15) is 0 Å². The van der Waals surface area contributed by atoms with E-state index in [-0.39, 0.29) is 0 Å². The van der Waals surface area contributed by atoms with Crippen LogP contribution in [0, 0.1) is 11.8 Å². The molecule has 3 aromatic carbocycles. The van der Waals surface area contributed by atoms with Gasteiger partial charge in [0.25, 0.3) is 0 Å². The van der Waals surface area contributed by atoms with Gasteiger partial charge in [-0.15, -0.1) is 0 Å². The van der Waals surface area contributed by atoms with Crippen molar-refractivity contribution in [3.05, 3.63) is 126 Å². The van der Waals surface area contributed by atoms with E-state index in [4.69, 9.17) is 4.74 Å². The highest BCUT2D eigenvalue weighted by Gasteiger charge is 2.30. The molecule has 0 radical (unpaired) electrons. The minimum Gasteiger partial charge on any atom is -0.449 e. The minimum atomic E-state index is -1.37. The van der Waals surface area contributed by atoms with Gasteiger partial charge in [-0.05, 0) is 60.4 Å². The molecule has 1 aliphatic carbocycles. The van der Waals surface area contributed by atoms with Crippen molar-refractivity contribution in [3.63, 3.8) is 0 Å². The average molecular weight is 407 g/mol. The van der Waals surface area contributed by atoms with Crippen LogP contribution in [-0.2, 0) is 5.60 Å². The second-order valence-electron chi connectivity index (χ2n) is 7.65. The van der Waals surface area contributed by atoms with E-state index in [0.29, 0.717) is 11.5 Å². The highest BCUT2D eigenvalue weighted by Crippen LogP contribution is 2.32. The summed E-state index contributed by atoms with van der Waals surface area (Å²) in [7, 11) is 0. The summed E-state index contributed by atoms with van der Waals surface area (Å²) >= 11 is 0. The van der Waals surface area contributed by atoms with Crippen LogP contribution in [-0.4, -0.2) is 5.11 Å². The minimum absolute atomic E-state index is 0.424. The van der Waals surface area contributed by atoms with Crippen molar-refractivity contribution in [1.82, 2.24) is 0 Å². The Labute approximate surface area is 184 Å². The largest absolute Gasteiger partial charge is 0.449 e. The summed E-state index contributed by atoms with van der Waals surface area (Å²) in [5.41, 5.74) is 1.28. The Morgan fingerprint density at radius 1 is 0.806 bits per heavy atom. The van der Waals surface area contributed by atoms with Crippen molar-refractivity contribution in [2.75, 3.05) is 0 Å². The Morgan fingerprint density at radius 3 is 1.94 bits per heavy atom. The van der Waals surface area contributed by atoms with Crippen molar-refractivity contribution in [2.45, 2.75) is 31.3 Å². The molecule has 1 N–H and O–H groups in total. The number of aliphatic hydroxyl groups is 1. The molecule has 2 nitrogen and oxygen atoms in total. The van der Waals surface area contributed by atoms with E-state index in [9.17, 15) is 5.11 Å². The van der Waals surface area contributed by atoms with Crippen LogP contribution in [0.3, 0.4) is 0 Å². The lowest BCUT2D eigenvalue weighted by Gasteiger charge is -2.26. The maximum atomic E-state index is 11.9. The zero-order chi connectivity index (χ0) is 21.4. The number of hydrogen-bond donors (Lipinski definition) is 1. The maximum Gasteiger partial charge on any atom is 0.177 e. The summed E-state index contributed by atoms with van der Waals surface area (Å²) in [5, 5.41) is 11.9. The van der Waals surface area contributed by atoms with Gasteiger partial charge in [-0.1, -0.05) is 90.9 Å². The zero-order valence-corrected chi connectivity index (χ0v) is 17.5. The third kappa shape index (κ3) is 5.34. The first kappa shape index (κ1) is 20.7. The van der Waals surface area contributed by atoms with Gasteiger partial charge in [0.05, 0.1) is 0 Å². The standard InChI is InChI=1S/C29H26O2/c30-29(25-15-7-2-8-16-25,26-17-9-3-10-18-26)23-28(31-27-19-11-4-12-20-27)22-21-24-13-5-1-6-14-24/h2-4,7-13,15-20,23,30H,1,5-6,14H2/b28-23-. The van der Waals surface area contributed by atoms with Crippen LogP contribution in [0.1, 0.15) is 36.8 Å². The highest BCUT2D eigenvalue weighted by atomic mass is 16.5. The summed E-state index contributed by atoms with van der Waals surface area (Å²) in [6.07, 6.45) is 8.37. The number of allylic oxidation sites excluding steroid dienone is 3. The van der Waals surface area contributed by atoms with Gasteiger partial charge in [-0.25, -0.2) is 0 Å². The predicted octanol–water partition coefficient (Wildman–Crippen LogP) is 6.39. The first-order valence-electron chi connectivity index (χ1n) is 10.7. The molecule has 0 unspecified atom stereocenters. The van der Waals surface area contributed by atoms with Crippen LogP contribution in [0.25, 0.3) is 0 Å². The molecule has 0 saturated heterocycles. The lowest BCUT2D eigenvalue weighted by atomic mass is 9.85. The topological polar surface area (TPSA) is 29.5 Å². The van der Waals surface area contributed by atoms with Crippen LogP contribution >= 0.6 is 0 Å². The Bertz CT molecular complexity index is 1060. The van der Waals surface area contributed by atoms with Crippen molar-refractivity contribution in [3.8, 4) is 17.6 Å². The molecule has 0 fully saturated rings. The summed E-state index contributed by atoms with van der Waals surface area (Å²) in [6, 6.07) is 28.8. The fraction of sp³-hybridized carbons (Fsp3) is 0.172. The second-order valence-corrected chi connectivity index (χ2v) is 7.65. The smallest absolute Gasteiger partial charge is 0.177 e. The maximum absolute atomic E-state index is 11.9. The number of hydrogen-bond acceptors (Lipinski definition) is 2. The van der Waals surface area contributed by atoms with Crippen molar-refractivity contribution >= 4 is 0 Å². The molecule has 0 aromatic heterocycles. The molecule has 1 aliphatic rings. The third-order valence-corrected chi connectivity index (χ3v) is 5.38. The lowest BCUT2D eigenvalue weighted by Crippen LogP contribution is -2.25. The fourth-order valence-electron chi connectivity index (χ4n) is 3.71. The molecule has 0 heterocycles. The molecule has 3 aromatic rings. The molecule has 4 rings (SSSR count). The quantitative estimate of drug-likeness (QED) is 0.393. The monoisotopic (exact) mass is 406 g/mol. The summed E-state index contributed by atoms with van der Waals surface area (Å²) in [4.78, 5) is 0. The van der Waals surface area contributed by atoms with Crippen LogP contribution < -0.4 is 4.74 Å². The second kappa shape index (κ2) is 9.98. The predicted molar refractivity (Wildman–Crippen MR) is 125 cm³/mol. The number of benzene rings is 3. The zero-order valence-electron chi connectivity index (χ0n) is 17.5. The van der Waals surface area contributed by atoms with E-state index >= 15 is 0 Å². The molecule has 154 valence electrons. The highest BCUT2D eigenvalue weighted by molar-refractivity contribution is 5.46. The molecule has 0 saturated carbocycles. The molecule has 0 amide bonds.